The van der Waals surface area contributed by atoms with E-state index in [9.17, 15) is 9.59 Å². The molecule has 1 N–H and O–H groups in total. The Balaban J connectivity index is 1.10. The van der Waals surface area contributed by atoms with Gasteiger partial charge in [-0.3, -0.25) is 14.5 Å². The Hall–Kier alpha value is -1.89. The highest BCUT2D eigenvalue weighted by Crippen LogP contribution is 2.31. The molecule has 1 aromatic rings. The monoisotopic (exact) mass is 508 g/mol. The van der Waals surface area contributed by atoms with Crippen LogP contribution < -0.4 is 10.2 Å². The van der Waals surface area contributed by atoms with Crippen molar-refractivity contribution in [3.63, 3.8) is 0 Å². The Labute approximate surface area is 218 Å². The molecule has 9 heteroatoms. The minimum Gasteiger partial charge on any atom is -0.369 e. The van der Waals surface area contributed by atoms with Gasteiger partial charge in [-0.15, -0.1) is 0 Å². The number of carbonyl (C=O) groups excluding carboxylic acids is 2. The fourth-order valence-corrected chi connectivity index (χ4v) is 6.88. The van der Waals surface area contributed by atoms with Gasteiger partial charge in [0.15, 0.2) is 0 Å². The van der Waals surface area contributed by atoms with E-state index in [1.165, 1.54) is 50.9 Å². The zero-order valence-corrected chi connectivity index (χ0v) is 22.7. The van der Waals surface area contributed by atoms with Crippen LogP contribution in [-0.2, 0) is 11.3 Å². The Morgan fingerprint density at radius 1 is 1.06 bits per heavy atom. The number of piperazine rings is 1. The molecule has 3 saturated heterocycles. The van der Waals surface area contributed by atoms with Crippen molar-refractivity contribution in [3.8, 4) is 0 Å². The smallest absolute Gasteiger partial charge is 0.255 e. The minimum atomic E-state index is -0.399. The van der Waals surface area contributed by atoms with E-state index < -0.39 is 6.04 Å². The van der Waals surface area contributed by atoms with Crippen molar-refractivity contribution >= 4 is 33.0 Å². The maximum absolute atomic E-state index is 13.0. The number of piperidine rings is 2. The summed E-state index contributed by atoms with van der Waals surface area (Å²) in [5.41, 5.74) is 3.73. The molecule has 36 heavy (non-hydrogen) atoms. The molecule has 193 valence electrons. The number of anilines is 1. The van der Waals surface area contributed by atoms with E-state index in [0.717, 1.165) is 63.8 Å². The maximum atomic E-state index is 13.0. The lowest BCUT2D eigenvalue weighted by Crippen LogP contribution is -2.49. The number of allylic oxidation sites excluding steroid dienone is 1. The lowest BCUT2D eigenvalue weighted by Gasteiger charge is -2.39. The van der Waals surface area contributed by atoms with Crippen molar-refractivity contribution in [1.82, 2.24) is 20.0 Å². The van der Waals surface area contributed by atoms with Gasteiger partial charge >= 0.3 is 0 Å². The minimum absolute atomic E-state index is 0.0239. The second-order valence-electron chi connectivity index (χ2n) is 10.7. The number of hydrogen-bond acceptors (Lipinski definition) is 5. The number of nitrogens with zero attached hydrogens (tertiary/aromatic N) is 4. The third-order valence-electron chi connectivity index (χ3n) is 8.36. The number of benzene rings is 1. The number of carbonyl (C=O) groups is 2. The highest BCUT2D eigenvalue weighted by molar-refractivity contribution is 7.70. The molecule has 4 aliphatic heterocycles. The van der Waals surface area contributed by atoms with Gasteiger partial charge in [0, 0.05) is 62.8 Å². The average Bonchev–Trinajstić information content (AvgIpc) is 3.21. The SMILES string of the molecule is C=C1CCC(N2Cc3cc(N4CCN(CC5CCN(CCP[B]C)CC5)CC4)ccc3C2=O)C(=O)N1. The lowest BCUT2D eigenvalue weighted by molar-refractivity contribution is -0.126. The van der Waals surface area contributed by atoms with Crippen LogP contribution in [0.2, 0.25) is 6.82 Å². The van der Waals surface area contributed by atoms with Gasteiger partial charge in [-0.25, -0.2) is 0 Å². The number of likely N-dealkylation sites (tertiary alicyclic amines) is 1. The summed E-state index contributed by atoms with van der Waals surface area (Å²) in [6, 6.07) is 5.83. The molecule has 4 heterocycles. The van der Waals surface area contributed by atoms with Crippen LogP contribution in [0, 0.1) is 5.92 Å². The summed E-state index contributed by atoms with van der Waals surface area (Å²) in [4.78, 5) is 35.0. The molecular weight excluding hydrogens is 468 g/mol. The molecule has 4 aliphatic rings. The standard InChI is InChI=1S/C27H40BN5O2P/c1-20-3-6-25(26(34)29-20)33-19-22-17-23(4-5-24(22)27(33)35)32-13-11-31(12-14-32)18-21-7-9-30(10-8-21)15-16-36-28-2/h4-5,17,21,25,36H,1,3,6-16,18-19H2,2H3,(H,29,34). The van der Waals surface area contributed by atoms with E-state index in [0.29, 0.717) is 13.0 Å². The third kappa shape index (κ3) is 5.82. The van der Waals surface area contributed by atoms with Gasteiger partial charge in [0.2, 0.25) is 5.91 Å². The normalized spacial score (nSPS) is 24.6. The van der Waals surface area contributed by atoms with Gasteiger partial charge in [0.1, 0.15) is 13.0 Å². The van der Waals surface area contributed by atoms with Crippen LogP contribution in [-0.4, -0.2) is 98.1 Å². The first-order chi connectivity index (χ1) is 17.5. The maximum Gasteiger partial charge on any atom is 0.255 e. The molecule has 0 aliphatic carbocycles. The number of rotatable bonds is 8. The Morgan fingerprint density at radius 2 is 1.83 bits per heavy atom. The van der Waals surface area contributed by atoms with Crippen molar-refractivity contribution in [3.05, 3.63) is 41.6 Å². The molecule has 0 aromatic heterocycles. The zero-order chi connectivity index (χ0) is 25.1. The Bertz CT molecular complexity index is 975. The first-order valence-corrected chi connectivity index (χ1v) is 14.9. The molecular formula is C27H40BN5O2P. The Morgan fingerprint density at radius 3 is 2.56 bits per heavy atom. The van der Waals surface area contributed by atoms with Gasteiger partial charge in [-0.05, 0) is 74.6 Å². The second-order valence-corrected chi connectivity index (χ2v) is 12.2. The number of hydrogen-bond donors (Lipinski definition) is 1. The summed E-state index contributed by atoms with van der Waals surface area (Å²) in [5.74, 6) is 0.702. The molecule has 1 radical (unpaired) electrons. The van der Waals surface area contributed by atoms with Crippen molar-refractivity contribution in [2.75, 3.05) is 63.4 Å². The molecule has 2 amide bonds. The fraction of sp³-hybridized carbons (Fsp3) is 0.630. The predicted octanol–water partition coefficient (Wildman–Crippen LogP) is 2.61. The van der Waals surface area contributed by atoms with Crippen LogP contribution in [0.1, 0.15) is 41.6 Å². The van der Waals surface area contributed by atoms with Gasteiger partial charge in [0.25, 0.3) is 5.91 Å². The van der Waals surface area contributed by atoms with Crippen LogP contribution in [0.25, 0.3) is 0 Å². The van der Waals surface area contributed by atoms with E-state index in [2.05, 4.69) is 52.6 Å². The summed E-state index contributed by atoms with van der Waals surface area (Å²) in [6.07, 6.45) is 5.37. The molecule has 2 unspecified atom stereocenters. The molecule has 3 fully saturated rings. The number of fused-ring (bicyclic) bond motifs is 1. The number of nitrogens with one attached hydrogen (secondary N) is 1. The van der Waals surface area contributed by atoms with E-state index >= 15 is 0 Å². The van der Waals surface area contributed by atoms with E-state index in [1.54, 1.807) is 4.90 Å². The molecule has 0 spiro atoms. The van der Waals surface area contributed by atoms with Gasteiger partial charge in [-0.1, -0.05) is 13.4 Å². The van der Waals surface area contributed by atoms with Crippen LogP contribution in [0.3, 0.4) is 0 Å². The first kappa shape index (κ1) is 25.8. The molecule has 5 rings (SSSR count). The summed E-state index contributed by atoms with van der Waals surface area (Å²) in [5, 5.41) is 2.82. The summed E-state index contributed by atoms with van der Waals surface area (Å²) < 4.78 is 0. The number of amides is 2. The topological polar surface area (TPSA) is 59.1 Å². The van der Waals surface area contributed by atoms with Gasteiger partial charge in [-0.2, -0.15) is 8.46 Å². The summed E-state index contributed by atoms with van der Waals surface area (Å²) in [6.45, 7) is 18.1. The largest absolute Gasteiger partial charge is 0.369 e. The molecule has 2 atom stereocenters. The molecule has 0 saturated carbocycles. The van der Waals surface area contributed by atoms with Crippen molar-refractivity contribution in [1.29, 1.82) is 0 Å². The van der Waals surface area contributed by atoms with Crippen molar-refractivity contribution in [2.24, 2.45) is 5.92 Å². The quantitative estimate of drug-likeness (QED) is 0.333. The van der Waals surface area contributed by atoms with E-state index in [-0.39, 0.29) is 11.8 Å². The summed E-state index contributed by atoms with van der Waals surface area (Å²) in [7, 11) is 1.00. The highest BCUT2D eigenvalue weighted by Gasteiger charge is 2.38. The van der Waals surface area contributed by atoms with Gasteiger partial charge < -0.3 is 20.0 Å². The van der Waals surface area contributed by atoms with E-state index in [1.807, 2.05) is 6.07 Å². The molecule has 1 aromatic carbocycles. The van der Waals surface area contributed by atoms with Crippen LogP contribution >= 0.6 is 8.46 Å². The lowest BCUT2D eigenvalue weighted by atomic mass is 9.96. The van der Waals surface area contributed by atoms with Crippen LogP contribution in [0.4, 0.5) is 5.69 Å². The predicted molar refractivity (Wildman–Crippen MR) is 149 cm³/mol. The van der Waals surface area contributed by atoms with Crippen molar-refractivity contribution in [2.45, 2.75) is 45.1 Å². The average molecular weight is 508 g/mol. The zero-order valence-electron chi connectivity index (χ0n) is 21.7. The van der Waals surface area contributed by atoms with Gasteiger partial charge in [0.05, 0.1) is 0 Å². The van der Waals surface area contributed by atoms with E-state index in [4.69, 9.17) is 0 Å². The van der Waals surface area contributed by atoms with Crippen LogP contribution in [0.15, 0.2) is 30.5 Å². The first-order valence-electron chi connectivity index (χ1n) is 13.6. The summed E-state index contributed by atoms with van der Waals surface area (Å²) >= 11 is 0. The Kier molecular flexibility index (Phi) is 8.34. The molecule has 0 bridgehead atoms. The highest BCUT2D eigenvalue weighted by atomic mass is 31.1. The fourth-order valence-electron chi connectivity index (χ4n) is 6.15. The molecule has 7 nitrogen and oxygen atoms in total. The second kappa shape index (κ2) is 11.7. The van der Waals surface area contributed by atoms with Crippen LogP contribution in [0.5, 0.6) is 0 Å². The third-order valence-corrected chi connectivity index (χ3v) is 9.28. The van der Waals surface area contributed by atoms with Crippen molar-refractivity contribution < 1.29 is 9.59 Å².